The smallest absolute Gasteiger partial charge is 0.121 e. The summed E-state index contributed by atoms with van der Waals surface area (Å²) in [4.78, 5) is 2.42. The fourth-order valence-corrected chi connectivity index (χ4v) is 2.38. The molecule has 1 aromatic carbocycles. The third kappa shape index (κ3) is 3.95. The molecule has 0 saturated heterocycles. The molecule has 0 aliphatic heterocycles. The van der Waals surface area contributed by atoms with Gasteiger partial charge in [0, 0.05) is 13.1 Å². The Labute approximate surface area is 121 Å². The summed E-state index contributed by atoms with van der Waals surface area (Å²) < 4.78 is 5.77. The van der Waals surface area contributed by atoms with Crippen molar-refractivity contribution in [2.45, 2.75) is 32.9 Å². The average Bonchev–Trinajstić information content (AvgIpc) is 2.90. The lowest BCUT2D eigenvalue weighted by atomic mass is 10.1. The van der Waals surface area contributed by atoms with Gasteiger partial charge in [-0.1, -0.05) is 30.3 Å². The van der Waals surface area contributed by atoms with Gasteiger partial charge in [0.2, 0.25) is 0 Å². The summed E-state index contributed by atoms with van der Waals surface area (Å²) in [5, 5.41) is 0. The molecule has 2 N–H and O–H groups in total. The number of hydrogen-bond donors (Lipinski definition) is 1. The van der Waals surface area contributed by atoms with E-state index in [0.717, 1.165) is 37.6 Å². The number of furan rings is 1. The second-order valence-electron chi connectivity index (χ2n) is 5.22. The molecule has 0 radical (unpaired) electrons. The molecule has 2 aromatic rings. The van der Waals surface area contributed by atoms with E-state index in [1.54, 1.807) is 0 Å². The van der Waals surface area contributed by atoms with Gasteiger partial charge in [-0.3, -0.25) is 4.90 Å². The molecule has 0 spiro atoms. The lowest BCUT2D eigenvalue weighted by Crippen LogP contribution is -2.28. The van der Waals surface area contributed by atoms with Gasteiger partial charge in [-0.05, 0) is 44.5 Å². The first-order valence-corrected chi connectivity index (χ1v) is 7.25. The molecule has 20 heavy (non-hydrogen) atoms. The SMILES string of the molecule is Cc1ccc(C(C)N(CCCN)Cc2ccccc2)o1. The predicted molar refractivity (Wildman–Crippen MR) is 82.4 cm³/mol. The van der Waals surface area contributed by atoms with Crippen molar-refractivity contribution in [3.8, 4) is 0 Å². The Morgan fingerprint density at radius 3 is 2.50 bits per heavy atom. The lowest BCUT2D eigenvalue weighted by molar-refractivity contribution is 0.177. The quantitative estimate of drug-likeness (QED) is 0.839. The van der Waals surface area contributed by atoms with Crippen LogP contribution < -0.4 is 5.73 Å². The van der Waals surface area contributed by atoms with E-state index in [4.69, 9.17) is 10.2 Å². The number of nitrogens with two attached hydrogens (primary N) is 1. The predicted octanol–water partition coefficient (Wildman–Crippen LogP) is 3.50. The van der Waals surface area contributed by atoms with Crippen LogP contribution in [0, 0.1) is 6.92 Å². The molecule has 3 heteroatoms. The standard InChI is InChI=1S/C17H24N2O/c1-14-9-10-17(20-14)15(2)19(12-6-11-18)13-16-7-4-3-5-8-16/h3-5,7-10,15H,6,11-13,18H2,1-2H3. The maximum absolute atomic E-state index is 5.77. The molecule has 1 atom stereocenters. The third-order valence-corrected chi connectivity index (χ3v) is 3.60. The van der Waals surface area contributed by atoms with Crippen molar-refractivity contribution >= 4 is 0 Å². The highest BCUT2D eigenvalue weighted by Gasteiger charge is 2.18. The van der Waals surface area contributed by atoms with E-state index >= 15 is 0 Å². The Bertz CT molecular complexity index is 507. The first kappa shape index (κ1) is 14.8. The number of rotatable bonds is 7. The molecule has 2 rings (SSSR count). The summed E-state index contributed by atoms with van der Waals surface area (Å²) in [5.74, 6) is 1.99. The van der Waals surface area contributed by atoms with Crippen LogP contribution in [0.1, 0.15) is 36.5 Å². The molecule has 1 unspecified atom stereocenters. The molecule has 3 nitrogen and oxygen atoms in total. The van der Waals surface area contributed by atoms with Gasteiger partial charge in [0.1, 0.15) is 11.5 Å². The van der Waals surface area contributed by atoms with Crippen LogP contribution in [0.4, 0.5) is 0 Å². The number of hydrogen-bond acceptors (Lipinski definition) is 3. The Morgan fingerprint density at radius 2 is 1.90 bits per heavy atom. The molecular weight excluding hydrogens is 248 g/mol. The van der Waals surface area contributed by atoms with E-state index in [2.05, 4.69) is 42.2 Å². The zero-order valence-electron chi connectivity index (χ0n) is 12.4. The summed E-state index contributed by atoms with van der Waals surface area (Å²) in [6, 6.07) is 14.9. The molecule has 1 aromatic heterocycles. The zero-order chi connectivity index (χ0) is 14.4. The van der Waals surface area contributed by atoms with E-state index in [1.807, 2.05) is 19.1 Å². The topological polar surface area (TPSA) is 42.4 Å². The van der Waals surface area contributed by atoms with Crippen LogP contribution in [-0.4, -0.2) is 18.0 Å². The normalized spacial score (nSPS) is 12.8. The highest BCUT2D eigenvalue weighted by Crippen LogP contribution is 2.24. The molecule has 0 bridgehead atoms. The second-order valence-corrected chi connectivity index (χ2v) is 5.22. The largest absolute Gasteiger partial charge is 0.465 e. The summed E-state index contributed by atoms with van der Waals surface area (Å²) in [5.41, 5.74) is 6.98. The van der Waals surface area contributed by atoms with Crippen molar-refractivity contribution in [3.05, 3.63) is 59.5 Å². The minimum Gasteiger partial charge on any atom is -0.465 e. The molecule has 0 aliphatic rings. The van der Waals surface area contributed by atoms with Crippen molar-refractivity contribution in [1.29, 1.82) is 0 Å². The molecule has 108 valence electrons. The minimum absolute atomic E-state index is 0.260. The van der Waals surface area contributed by atoms with Crippen molar-refractivity contribution in [3.63, 3.8) is 0 Å². The van der Waals surface area contributed by atoms with Gasteiger partial charge in [-0.15, -0.1) is 0 Å². The Hall–Kier alpha value is -1.58. The minimum atomic E-state index is 0.260. The molecule has 0 aliphatic carbocycles. The first-order chi connectivity index (χ1) is 9.70. The molecule has 0 saturated carbocycles. The van der Waals surface area contributed by atoms with Gasteiger partial charge < -0.3 is 10.2 Å². The number of aryl methyl sites for hydroxylation is 1. The number of benzene rings is 1. The Kier molecular flexibility index (Phi) is 5.39. The first-order valence-electron chi connectivity index (χ1n) is 7.25. The van der Waals surface area contributed by atoms with Gasteiger partial charge in [-0.25, -0.2) is 0 Å². The average molecular weight is 272 g/mol. The Morgan fingerprint density at radius 1 is 1.15 bits per heavy atom. The highest BCUT2D eigenvalue weighted by atomic mass is 16.3. The Balaban J connectivity index is 2.10. The monoisotopic (exact) mass is 272 g/mol. The fraction of sp³-hybridized carbons (Fsp3) is 0.412. The fourth-order valence-electron chi connectivity index (χ4n) is 2.38. The second kappa shape index (κ2) is 7.27. The van der Waals surface area contributed by atoms with E-state index in [9.17, 15) is 0 Å². The summed E-state index contributed by atoms with van der Waals surface area (Å²) in [6.07, 6.45) is 0.997. The van der Waals surface area contributed by atoms with Gasteiger partial charge in [0.15, 0.2) is 0 Å². The van der Waals surface area contributed by atoms with Gasteiger partial charge in [-0.2, -0.15) is 0 Å². The van der Waals surface area contributed by atoms with Gasteiger partial charge in [0.05, 0.1) is 6.04 Å². The van der Waals surface area contributed by atoms with Crippen molar-refractivity contribution in [2.24, 2.45) is 5.73 Å². The van der Waals surface area contributed by atoms with Crippen molar-refractivity contribution in [1.82, 2.24) is 4.90 Å². The van der Waals surface area contributed by atoms with E-state index in [-0.39, 0.29) is 6.04 Å². The van der Waals surface area contributed by atoms with Crippen LogP contribution >= 0.6 is 0 Å². The van der Waals surface area contributed by atoms with Crippen molar-refractivity contribution in [2.75, 3.05) is 13.1 Å². The van der Waals surface area contributed by atoms with E-state index in [1.165, 1.54) is 5.56 Å². The summed E-state index contributed by atoms with van der Waals surface area (Å²) in [7, 11) is 0. The van der Waals surface area contributed by atoms with Crippen LogP contribution in [0.5, 0.6) is 0 Å². The summed E-state index contributed by atoms with van der Waals surface area (Å²) in [6.45, 7) is 6.79. The lowest BCUT2D eigenvalue weighted by Gasteiger charge is -2.27. The van der Waals surface area contributed by atoms with Crippen LogP contribution in [0.2, 0.25) is 0 Å². The molecule has 1 heterocycles. The van der Waals surface area contributed by atoms with E-state index in [0.29, 0.717) is 0 Å². The highest BCUT2D eigenvalue weighted by molar-refractivity contribution is 5.15. The van der Waals surface area contributed by atoms with Gasteiger partial charge >= 0.3 is 0 Å². The molecular formula is C17H24N2O. The number of nitrogens with zero attached hydrogens (tertiary/aromatic N) is 1. The van der Waals surface area contributed by atoms with Crippen LogP contribution in [0.15, 0.2) is 46.9 Å². The van der Waals surface area contributed by atoms with Crippen LogP contribution in [-0.2, 0) is 6.54 Å². The molecule has 0 amide bonds. The third-order valence-electron chi connectivity index (χ3n) is 3.60. The van der Waals surface area contributed by atoms with Gasteiger partial charge in [0.25, 0.3) is 0 Å². The zero-order valence-corrected chi connectivity index (χ0v) is 12.4. The maximum atomic E-state index is 5.77. The van der Waals surface area contributed by atoms with Crippen LogP contribution in [0.25, 0.3) is 0 Å². The van der Waals surface area contributed by atoms with Crippen molar-refractivity contribution < 1.29 is 4.42 Å². The van der Waals surface area contributed by atoms with E-state index < -0.39 is 0 Å². The maximum Gasteiger partial charge on any atom is 0.121 e. The summed E-state index contributed by atoms with van der Waals surface area (Å²) >= 11 is 0. The van der Waals surface area contributed by atoms with Crippen LogP contribution in [0.3, 0.4) is 0 Å². The molecule has 0 fully saturated rings.